The normalized spacial score (nSPS) is 20.3. The topological polar surface area (TPSA) is 113 Å². The van der Waals surface area contributed by atoms with E-state index in [0.29, 0.717) is 18.5 Å². The molecule has 0 aliphatic carbocycles. The van der Waals surface area contributed by atoms with Crippen LogP contribution in [0.1, 0.15) is 29.3 Å². The van der Waals surface area contributed by atoms with E-state index in [9.17, 15) is 23.1 Å². The molecule has 26 heavy (non-hydrogen) atoms. The van der Waals surface area contributed by atoms with Crippen LogP contribution in [0.15, 0.2) is 23.1 Å². The zero-order chi connectivity index (χ0) is 19.5. The van der Waals surface area contributed by atoms with Crippen molar-refractivity contribution in [1.82, 2.24) is 9.62 Å². The number of rotatable bonds is 7. The zero-order valence-corrected chi connectivity index (χ0v) is 15.9. The molecule has 2 rings (SSSR count). The van der Waals surface area contributed by atoms with E-state index in [-0.39, 0.29) is 29.5 Å². The lowest BCUT2D eigenvalue weighted by atomic mass is 10.0. The van der Waals surface area contributed by atoms with Gasteiger partial charge < -0.3 is 14.7 Å². The average molecular weight is 384 g/mol. The number of carboxylic acid groups (broad SMARTS) is 1. The first-order valence-corrected chi connectivity index (χ1v) is 9.80. The minimum Gasteiger partial charge on any atom is -0.481 e. The first-order valence-electron chi connectivity index (χ1n) is 8.32. The lowest BCUT2D eigenvalue weighted by molar-refractivity contribution is -0.142. The molecule has 144 valence electrons. The molecule has 2 atom stereocenters. The second-order valence-electron chi connectivity index (χ2n) is 6.34. The van der Waals surface area contributed by atoms with Crippen LogP contribution in [0.2, 0.25) is 0 Å². The molecule has 0 aromatic heterocycles. The summed E-state index contributed by atoms with van der Waals surface area (Å²) in [4.78, 5) is 25.6. The molecular weight excluding hydrogens is 360 g/mol. The predicted octanol–water partition coefficient (Wildman–Crippen LogP) is 0.855. The van der Waals surface area contributed by atoms with Crippen molar-refractivity contribution in [2.24, 2.45) is 5.92 Å². The molecule has 1 aliphatic heterocycles. The Balaban J connectivity index is 2.27. The summed E-state index contributed by atoms with van der Waals surface area (Å²) in [6, 6.07) is 3.91. The SMILES string of the molecule is COCCNS(=O)(=O)c1ccc(C)c(C(=O)N2CCC(C(=O)O)C2C)c1. The maximum atomic E-state index is 12.9. The minimum absolute atomic E-state index is 0.0100. The Morgan fingerprint density at radius 1 is 1.38 bits per heavy atom. The molecule has 0 radical (unpaired) electrons. The largest absolute Gasteiger partial charge is 0.481 e. The fourth-order valence-electron chi connectivity index (χ4n) is 3.07. The lowest BCUT2D eigenvalue weighted by Gasteiger charge is -2.24. The highest BCUT2D eigenvalue weighted by Crippen LogP contribution is 2.27. The van der Waals surface area contributed by atoms with Crippen molar-refractivity contribution >= 4 is 21.9 Å². The van der Waals surface area contributed by atoms with Crippen molar-refractivity contribution in [3.63, 3.8) is 0 Å². The molecule has 1 saturated heterocycles. The van der Waals surface area contributed by atoms with Gasteiger partial charge in [0, 0.05) is 31.8 Å². The number of benzene rings is 1. The summed E-state index contributed by atoms with van der Waals surface area (Å²) in [6.45, 7) is 4.11. The fraction of sp³-hybridized carbons (Fsp3) is 0.529. The highest BCUT2D eigenvalue weighted by Gasteiger charge is 2.38. The van der Waals surface area contributed by atoms with Crippen LogP contribution < -0.4 is 4.72 Å². The molecule has 0 bridgehead atoms. The molecule has 0 saturated carbocycles. The molecule has 2 unspecified atom stereocenters. The van der Waals surface area contributed by atoms with Crippen molar-refractivity contribution in [3.05, 3.63) is 29.3 Å². The Morgan fingerprint density at radius 2 is 2.08 bits per heavy atom. The maximum Gasteiger partial charge on any atom is 0.308 e. The van der Waals surface area contributed by atoms with Gasteiger partial charge >= 0.3 is 5.97 Å². The van der Waals surface area contributed by atoms with Gasteiger partial charge in [0.25, 0.3) is 5.91 Å². The number of sulfonamides is 1. The second-order valence-corrected chi connectivity index (χ2v) is 8.11. The molecule has 2 N–H and O–H groups in total. The summed E-state index contributed by atoms with van der Waals surface area (Å²) in [5.74, 6) is -1.89. The third-order valence-corrected chi connectivity index (χ3v) is 6.14. The van der Waals surface area contributed by atoms with E-state index in [4.69, 9.17) is 4.74 Å². The number of ether oxygens (including phenoxy) is 1. The summed E-state index contributed by atoms with van der Waals surface area (Å²) < 4.78 is 31.9. The summed E-state index contributed by atoms with van der Waals surface area (Å²) in [7, 11) is -2.29. The van der Waals surface area contributed by atoms with E-state index in [1.165, 1.54) is 24.1 Å². The van der Waals surface area contributed by atoms with Gasteiger partial charge in [-0.1, -0.05) is 6.07 Å². The van der Waals surface area contributed by atoms with Gasteiger partial charge in [0.15, 0.2) is 0 Å². The van der Waals surface area contributed by atoms with Gasteiger partial charge in [-0.3, -0.25) is 9.59 Å². The number of likely N-dealkylation sites (tertiary alicyclic amines) is 1. The number of methoxy groups -OCH3 is 1. The van der Waals surface area contributed by atoms with Gasteiger partial charge in [0.05, 0.1) is 17.4 Å². The third kappa shape index (κ3) is 4.22. The van der Waals surface area contributed by atoms with Gasteiger partial charge in [-0.05, 0) is 38.0 Å². The van der Waals surface area contributed by atoms with Crippen molar-refractivity contribution in [3.8, 4) is 0 Å². The minimum atomic E-state index is -3.76. The van der Waals surface area contributed by atoms with Gasteiger partial charge in [0.2, 0.25) is 10.0 Å². The van der Waals surface area contributed by atoms with Gasteiger partial charge in [0.1, 0.15) is 0 Å². The monoisotopic (exact) mass is 384 g/mol. The van der Waals surface area contributed by atoms with E-state index >= 15 is 0 Å². The van der Waals surface area contributed by atoms with Gasteiger partial charge in [-0.15, -0.1) is 0 Å². The summed E-state index contributed by atoms with van der Waals surface area (Å²) in [6.07, 6.45) is 0.387. The quantitative estimate of drug-likeness (QED) is 0.674. The number of amides is 1. The van der Waals surface area contributed by atoms with Crippen LogP contribution in [0.5, 0.6) is 0 Å². The Kier molecular flexibility index (Phi) is 6.38. The van der Waals surface area contributed by atoms with E-state index in [0.717, 1.165) is 0 Å². The zero-order valence-electron chi connectivity index (χ0n) is 15.1. The summed E-state index contributed by atoms with van der Waals surface area (Å²) in [5.41, 5.74) is 0.898. The van der Waals surface area contributed by atoms with Crippen LogP contribution in [0.25, 0.3) is 0 Å². The Labute approximate surface area is 153 Å². The number of nitrogens with zero attached hydrogens (tertiary/aromatic N) is 1. The summed E-state index contributed by atoms with van der Waals surface area (Å²) in [5, 5.41) is 9.23. The molecule has 9 heteroatoms. The van der Waals surface area contributed by atoms with Gasteiger partial charge in [-0.2, -0.15) is 0 Å². The van der Waals surface area contributed by atoms with Crippen LogP contribution in [0.4, 0.5) is 0 Å². The first-order chi connectivity index (χ1) is 12.2. The maximum absolute atomic E-state index is 12.9. The van der Waals surface area contributed by atoms with E-state index in [1.807, 2.05) is 0 Å². The first kappa shape index (κ1) is 20.3. The Hall–Kier alpha value is -1.97. The fourth-order valence-corrected chi connectivity index (χ4v) is 4.11. The number of nitrogens with one attached hydrogen (secondary N) is 1. The molecular formula is C17H24N2O6S. The van der Waals surface area contributed by atoms with Crippen molar-refractivity contribution in [2.45, 2.75) is 31.2 Å². The molecule has 8 nitrogen and oxygen atoms in total. The predicted molar refractivity (Wildman–Crippen MR) is 94.5 cm³/mol. The van der Waals surface area contributed by atoms with Crippen LogP contribution in [0.3, 0.4) is 0 Å². The van der Waals surface area contributed by atoms with Crippen molar-refractivity contribution < 1.29 is 27.9 Å². The molecule has 1 heterocycles. The van der Waals surface area contributed by atoms with E-state index in [1.54, 1.807) is 19.9 Å². The highest BCUT2D eigenvalue weighted by molar-refractivity contribution is 7.89. The lowest BCUT2D eigenvalue weighted by Crippen LogP contribution is -2.38. The number of aryl methyl sites for hydroxylation is 1. The smallest absolute Gasteiger partial charge is 0.308 e. The molecule has 0 spiro atoms. The molecule has 1 aromatic carbocycles. The second kappa shape index (κ2) is 8.15. The van der Waals surface area contributed by atoms with E-state index in [2.05, 4.69) is 4.72 Å². The number of aliphatic carboxylic acids is 1. The molecule has 1 aromatic rings. The van der Waals surface area contributed by atoms with Crippen LogP contribution in [-0.4, -0.2) is 63.1 Å². The van der Waals surface area contributed by atoms with Crippen molar-refractivity contribution in [2.75, 3.05) is 26.8 Å². The molecule has 1 aliphatic rings. The molecule has 1 fully saturated rings. The Bertz CT molecular complexity index is 792. The van der Waals surface area contributed by atoms with Crippen LogP contribution in [-0.2, 0) is 19.6 Å². The standard InChI is InChI=1S/C17H24N2O6S/c1-11-4-5-13(26(23,24)18-7-9-25-3)10-15(11)16(20)19-8-6-14(12(19)2)17(21)22/h4-5,10,12,14,18H,6-9H2,1-3H3,(H,21,22). The van der Waals surface area contributed by atoms with E-state index < -0.39 is 28.0 Å². The molecule has 1 amide bonds. The summed E-state index contributed by atoms with van der Waals surface area (Å²) >= 11 is 0. The Morgan fingerprint density at radius 3 is 2.65 bits per heavy atom. The van der Waals surface area contributed by atoms with Crippen LogP contribution >= 0.6 is 0 Å². The number of carbonyl (C=O) groups excluding carboxylic acids is 1. The number of carboxylic acids is 1. The highest BCUT2D eigenvalue weighted by atomic mass is 32.2. The van der Waals surface area contributed by atoms with Crippen molar-refractivity contribution in [1.29, 1.82) is 0 Å². The average Bonchev–Trinajstić information content (AvgIpc) is 2.96. The third-order valence-electron chi connectivity index (χ3n) is 4.68. The number of hydrogen-bond acceptors (Lipinski definition) is 5. The van der Waals surface area contributed by atoms with Crippen LogP contribution in [0, 0.1) is 12.8 Å². The number of carbonyl (C=O) groups is 2. The number of hydrogen-bond donors (Lipinski definition) is 2. The van der Waals surface area contributed by atoms with Gasteiger partial charge in [-0.25, -0.2) is 13.1 Å².